The molecule has 1 amide bonds. The monoisotopic (exact) mass is 462 g/mol. The van der Waals surface area contributed by atoms with Gasteiger partial charge in [-0.05, 0) is 68.0 Å². The summed E-state index contributed by atoms with van der Waals surface area (Å²) in [6.07, 6.45) is 3.36. The number of hydrogen-bond acceptors (Lipinski definition) is 3. The summed E-state index contributed by atoms with van der Waals surface area (Å²) < 4.78 is 62.4. The number of nitrogens with zero attached hydrogens (tertiary/aromatic N) is 2. The van der Waals surface area contributed by atoms with Crippen molar-refractivity contribution in [1.29, 1.82) is 0 Å². The van der Waals surface area contributed by atoms with Crippen LogP contribution in [0, 0.1) is 23.3 Å². The van der Waals surface area contributed by atoms with E-state index in [1.54, 1.807) is 4.90 Å². The Morgan fingerprint density at radius 2 is 1.52 bits per heavy atom. The molecule has 0 unspecified atom stereocenters. The molecule has 5 rings (SSSR count). The van der Waals surface area contributed by atoms with Crippen LogP contribution in [0.15, 0.2) is 36.4 Å². The molecule has 0 radical (unpaired) electrons. The van der Waals surface area contributed by atoms with Gasteiger partial charge < -0.3 is 14.5 Å². The van der Waals surface area contributed by atoms with E-state index in [4.69, 9.17) is 4.74 Å². The molecule has 2 heterocycles. The zero-order valence-corrected chi connectivity index (χ0v) is 18.3. The highest BCUT2D eigenvalue weighted by Crippen LogP contribution is 2.49. The van der Waals surface area contributed by atoms with Crippen LogP contribution in [0.1, 0.15) is 41.6 Å². The third kappa shape index (κ3) is 4.51. The lowest BCUT2D eigenvalue weighted by molar-refractivity contribution is -0.179. The zero-order valence-electron chi connectivity index (χ0n) is 18.3. The molecule has 33 heavy (non-hydrogen) atoms. The summed E-state index contributed by atoms with van der Waals surface area (Å²) >= 11 is 0. The molecule has 0 aromatic heterocycles. The Hall–Kier alpha value is -2.45. The number of amides is 1. The van der Waals surface area contributed by atoms with E-state index < -0.39 is 45.9 Å². The Balaban J connectivity index is 1.26. The predicted molar refractivity (Wildman–Crippen MR) is 114 cm³/mol. The first-order chi connectivity index (χ1) is 15.8. The molecule has 2 saturated heterocycles. The first-order valence-electron chi connectivity index (χ1n) is 11.4. The maximum absolute atomic E-state index is 14.3. The minimum atomic E-state index is -0.857. The van der Waals surface area contributed by atoms with Gasteiger partial charge >= 0.3 is 0 Å². The predicted octanol–water partition coefficient (Wildman–Crippen LogP) is 4.33. The number of hydrogen-bond donors (Lipinski definition) is 0. The molecule has 8 heteroatoms. The van der Waals surface area contributed by atoms with Crippen molar-refractivity contribution in [2.75, 3.05) is 32.7 Å². The SMILES string of the molecule is O=C(c1c(F)cccc1F)N1CC2(CCN(CCc3cc(F)ccc3F)CC2)OC2(CC2)C1. The standard InChI is InChI=1S/C25H26F4N2O2/c26-18-4-5-19(27)17(14-18)6-11-30-12-9-25(10-13-30)16-31(15-24(33-25)7-8-24)23(32)22-20(28)2-1-3-21(22)29/h1-5,14H,6-13,15-16H2. The van der Waals surface area contributed by atoms with E-state index in [0.29, 0.717) is 51.0 Å². The molecule has 2 aromatic carbocycles. The Kier molecular flexibility index (Phi) is 5.69. The number of ether oxygens (including phenoxy) is 1. The molecule has 0 bridgehead atoms. The van der Waals surface area contributed by atoms with Crippen molar-refractivity contribution < 1.29 is 27.1 Å². The third-order valence-electron chi connectivity index (χ3n) is 7.13. The van der Waals surface area contributed by atoms with Gasteiger partial charge in [0.15, 0.2) is 0 Å². The van der Waals surface area contributed by atoms with Gasteiger partial charge in [0.2, 0.25) is 0 Å². The van der Waals surface area contributed by atoms with Crippen LogP contribution in [-0.4, -0.2) is 59.6 Å². The lowest BCUT2D eigenvalue weighted by atomic mass is 9.87. The Morgan fingerprint density at radius 1 is 0.879 bits per heavy atom. The smallest absolute Gasteiger partial charge is 0.260 e. The number of carbonyl (C=O) groups excluding carboxylic acids is 1. The van der Waals surface area contributed by atoms with Crippen molar-refractivity contribution in [3.8, 4) is 0 Å². The highest BCUT2D eigenvalue weighted by molar-refractivity contribution is 5.95. The van der Waals surface area contributed by atoms with Gasteiger partial charge in [0.1, 0.15) is 28.8 Å². The molecule has 3 fully saturated rings. The van der Waals surface area contributed by atoms with Crippen LogP contribution in [0.3, 0.4) is 0 Å². The summed E-state index contributed by atoms with van der Waals surface area (Å²) in [5.74, 6) is -3.21. The second-order valence-corrected chi connectivity index (χ2v) is 9.55. The van der Waals surface area contributed by atoms with E-state index in [-0.39, 0.29) is 6.54 Å². The Labute approximate surface area is 190 Å². The molecule has 0 N–H and O–H groups in total. The molecule has 176 valence electrons. The van der Waals surface area contributed by atoms with Crippen LogP contribution in [0.25, 0.3) is 0 Å². The molecular weight excluding hydrogens is 436 g/mol. The normalized spacial score (nSPS) is 21.5. The highest BCUT2D eigenvalue weighted by Gasteiger charge is 2.57. The Bertz CT molecular complexity index is 1040. The largest absolute Gasteiger partial charge is 0.365 e. The average Bonchev–Trinajstić information content (AvgIpc) is 3.52. The fourth-order valence-electron chi connectivity index (χ4n) is 5.14. The second kappa shape index (κ2) is 8.40. The van der Waals surface area contributed by atoms with Gasteiger partial charge in [0, 0.05) is 19.6 Å². The van der Waals surface area contributed by atoms with E-state index in [1.165, 1.54) is 12.1 Å². The van der Waals surface area contributed by atoms with Crippen LogP contribution in [0.5, 0.6) is 0 Å². The summed E-state index contributed by atoms with van der Waals surface area (Å²) in [7, 11) is 0. The number of likely N-dealkylation sites (tertiary alicyclic amines) is 1. The molecule has 2 spiro atoms. The number of morpholine rings is 1. The van der Waals surface area contributed by atoms with Crippen molar-refractivity contribution in [2.24, 2.45) is 0 Å². The average molecular weight is 462 g/mol. The van der Waals surface area contributed by atoms with Gasteiger partial charge in [-0.15, -0.1) is 0 Å². The molecule has 1 saturated carbocycles. The fraction of sp³-hybridized carbons (Fsp3) is 0.480. The zero-order chi connectivity index (χ0) is 23.2. The lowest BCUT2D eigenvalue weighted by Crippen LogP contribution is -2.61. The van der Waals surface area contributed by atoms with E-state index in [1.807, 2.05) is 0 Å². The van der Waals surface area contributed by atoms with Gasteiger partial charge in [-0.1, -0.05) is 6.07 Å². The maximum atomic E-state index is 14.3. The van der Waals surface area contributed by atoms with Crippen molar-refractivity contribution >= 4 is 5.91 Å². The molecular formula is C25H26F4N2O2. The summed E-state index contributed by atoms with van der Waals surface area (Å²) in [6.45, 7) is 2.58. The van der Waals surface area contributed by atoms with Crippen molar-refractivity contribution in [3.05, 3.63) is 70.8 Å². The summed E-state index contributed by atoms with van der Waals surface area (Å²) in [4.78, 5) is 16.8. The Morgan fingerprint density at radius 3 is 2.15 bits per heavy atom. The van der Waals surface area contributed by atoms with Crippen LogP contribution in [-0.2, 0) is 11.2 Å². The molecule has 0 atom stereocenters. The minimum Gasteiger partial charge on any atom is -0.365 e. The van der Waals surface area contributed by atoms with Crippen molar-refractivity contribution in [1.82, 2.24) is 9.80 Å². The number of rotatable bonds is 4. The molecule has 3 aliphatic rings. The maximum Gasteiger partial charge on any atom is 0.260 e. The minimum absolute atomic E-state index is 0.285. The van der Waals surface area contributed by atoms with E-state index >= 15 is 0 Å². The third-order valence-corrected chi connectivity index (χ3v) is 7.13. The topological polar surface area (TPSA) is 32.8 Å². The molecule has 1 aliphatic carbocycles. The van der Waals surface area contributed by atoms with Gasteiger partial charge in [0.25, 0.3) is 5.91 Å². The quantitative estimate of drug-likeness (QED) is 0.635. The fourth-order valence-corrected chi connectivity index (χ4v) is 5.14. The van der Waals surface area contributed by atoms with E-state index in [0.717, 1.165) is 37.1 Å². The van der Waals surface area contributed by atoms with Crippen LogP contribution in [0.4, 0.5) is 17.6 Å². The summed E-state index contributed by atoms with van der Waals surface area (Å²) in [5, 5.41) is 0. The van der Waals surface area contributed by atoms with Crippen LogP contribution in [0.2, 0.25) is 0 Å². The van der Waals surface area contributed by atoms with Gasteiger partial charge in [-0.3, -0.25) is 4.79 Å². The first kappa shape index (κ1) is 22.3. The molecule has 2 aromatic rings. The van der Waals surface area contributed by atoms with Crippen LogP contribution >= 0.6 is 0 Å². The number of carbonyl (C=O) groups is 1. The number of benzene rings is 2. The number of piperidine rings is 1. The van der Waals surface area contributed by atoms with E-state index in [2.05, 4.69) is 4.90 Å². The lowest BCUT2D eigenvalue weighted by Gasteiger charge is -2.50. The van der Waals surface area contributed by atoms with Gasteiger partial charge in [0.05, 0.1) is 24.3 Å². The molecule has 4 nitrogen and oxygen atoms in total. The van der Waals surface area contributed by atoms with Crippen molar-refractivity contribution in [3.63, 3.8) is 0 Å². The number of halogens is 4. The second-order valence-electron chi connectivity index (χ2n) is 9.55. The van der Waals surface area contributed by atoms with Crippen molar-refractivity contribution in [2.45, 2.75) is 43.3 Å². The summed E-state index contributed by atoms with van der Waals surface area (Å²) in [6, 6.07) is 6.92. The van der Waals surface area contributed by atoms with Gasteiger partial charge in [-0.25, -0.2) is 17.6 Å². The van der Waals surface area contributed by atoms with Crippen LogP contribution < -0.4 is 0 Å². The van der Waals surface area contributed by atoms with Gasteiger partial charge in [-0.2, -0.15) is 0 Å². The highest BCUT2D eigenvalue weighted by atomic mass is 19.1. The van der Waals surface area contributed by atoms with E-state index in [9.17, 15) is 22.4 Å². The molecule has 2 aliphatic heterocycles. The summed E-state index contributed by atoms with van der Waals surface area (Å²) in [5.41, 5.74) is -1.15. The first-order valence-corrected chi connectivity index (χ1v) is 11.4.